The minimum Gasteiger partial charge on any atom is -0.362 e. The van der Waals surface area contributed by atoms with E-state index in [0.717, 1.165) is 49.7 Å². The Bertz CT molecular complexity index is 437. The van der Waals surface area contributed by atoms with E-state index in [1.807, 2.05) is 25.6 Å². The molecule has 1 heterocycles. The van der Waals surface area contributed by atoms with E-state index < -0.39 is 0 Å². The lowest BCUT2D eigenvalue weighted by Gasteiger charge is -2.18. The number of hydrogen-bond donors (Lipinski definition) is 2. The summed E-state index contributed by atoms with van der Waals surface area (Å²) in [6.45, 7) is 12.6. The fraction of sp³-hybridized carbons (Fsp3) is 0.714. The quantitative estimate of drug-likeness (QED) is 0.596. The molecule has 0 fully saturated rings. The van der Waals surface area contributed by atoms with Crippen LogP contribution in [0.3, 0.4) is 0 Å². The number of nitrogens with zero attached hydrogens (tertiary/aromatic N) is 3. The topological polar surface area (TPSA) is 45.1 Å². The Balaban J connectivity index is 2.34. The van der Waals surface area contributed by atoms with Crippen molar-refractivity contribution in [2.24, 2.45) is 7.05 Å². The maximum atomic E-state index is 5.33. The van der Waals surface area contributed by atoms with Crippen molar-refractivity contribution >= 4 is 23.0 Å². The van der Waals surface area contributed by atoms with Gasteiger partial charge in [0.2, 0.25) is 0 Å². The van der Waals surface area contributed by atoms with Crippen LogP contribution in [0, 0.1) is 13.8 Å². The largest absolute Gasteiger partial charge is 0.362 e. The van der Waals surface area contributed by atoms with Crippen molar-refractivity contribution in [3.8, 4) is 0 Å². The van der Waals surface area contributed by atoms with Gasteiger partial charge in [0.05, 0.1) is 17.1 Å². The first-order chi connectivity index (χ1) is 9.49. The van der Waals surface area contributed by atoms with Gasteiger partial charge in [-0.2, -0.15) is 5.10 Å². The van der Waals surface area contributed by atoms with E-state index in [9.17, 15) is 0 Å². The molecule has 114 valence electrons. The fourth-order valence-electron chi connectivity index (χ4n) is 2.16. The van der Waals surface area contributed by atoms with E-state index in [1.165, 1.54) is 0 Å². The molecular weight excluding hydrogens is 270 g/mol. The number of rotatable bonds is 7. The molecule has 2 N–H and O–H groups in total. The SMILES string of the molecule is CCN(CC)CCCNC(=S)Nc1c(C)nn(C)c1C. The van der Waals surface area contributed by atoms with Crippen molar-refractivity contribution in [1.29, 1.82) is 0 Å². The summed E-state index contributed by atoms with van der Waals surface area (Å²) in [4.78, 5) is 2.41. The van der Waals surface area contributed by atoms with E-state index in [0.29, 0.717) is 5.11 Å². The summed E-state index contributed by atoms with van der Waals surface area (Å²) in [7, 11) is 1.94. The van der Waals surface area contributed by atoms with Crippen molar-refractivity contribution in [1.82, 2.24) is 20.0 Å². The molecule has 1 aromatic heterocycles. The average Bonchev–Trinajstić information content (AvgIpc) is 2.65. The standard InChI is InChI=1S/C14H27N5S/c1-6-19(7-2)10-8-9-15-14(20)16-13-11(3)17-18(5)12(13)4/h6-10H2,1-5H3,(H2,15,16,20). The minimum absolute atomic E-state index is 0.670. The van der Waals surface area contributed by atoms with Gasteiger partial charge in [0.15, 0.2) is 5.11 Å². The van der Waals surface area contributed by atoms with Crippen molar-refractivity contribution in [3.05, 3.63) is 11.4 Å². The lowest BCUT2D eigenvalue weighted by Crippen LogP contribution is -2.32. The molecule has 0 unspecified atom stereocenters. The number of thiocarbonyl (C=S) groups is 1. The number of aryl methyl sites for hydroxylation is 2. The Morgan fingerprint density at radius 1 is 1.30 bits per heavy atom. The van der Waals surface area contributed by atoms with Crippen LogP contribution in [-0.4, -0.2) is 46.0 Å². The number of nitrogens with one attached hydrogen (secondary N) is 2. The van der Waals surface area contributed by atoms with E-state index in [-0.39, 0.29) is 0 Å². The number of hydrogen-bond acceptors (Lipinski definition) is 3. The molecule has 0 bridgehead atoms. The Morgan fingerprint density at radius 2 is 1.95 bits per heavy atom. The van der Waals surface area contributed by atoms with Gasteiger partial charge in [-0.3, -0.25) is 4.68 Å². The highest BCUT2D eigenvalue weighted by Gasteiger charge is 2.10. The minimum atomic E-state index is 0.670. The van der Waals surface area contributed by atoms with Crippen LogP contribution in [0.2, 0.25) is 0 Å². The fourth-order valence-corrected chi connectivity index (χ4v) is 2.36. The predicted octanol–water partition coefficient (Wildman–Crippen LogP) is 2.06. The van der Waals surface area contributed by atoms with Crippen molar-refractivity contribution in [2.75, 3.05) is 31.5 Å². The molecular formula is C14H27N5S. The lowest BCUT2D eigenvalue weighted by molar-refractivity contribution is 0.300. The van der Waals surface area contributed by atoms with Crippen molar-refractivity contribution < 1.29 is 0 Å². The van der Waals surface area contributed by atoms with Crippen LogP contribution in [0.1, 0.15) is 31.7 Å². The molecule has 6 heteroatoms. The molecule has 0 radical (unpaired) electrons. The highest BCUT2D eigenvalue weighted by molar-refractivity contribution is 7.80. The zero-order valence-electron chi connectivity index (χ0n) is 13.3. The second kappa shape index (κ2) is 8.21. The van der Waals surface area contributed by atoms with E-state index in [4.69, 9.17) is 12.2 Å². The molecule has 1 rings (SSSR count). The van der Waals surface area contributed by atoms with E-state index >= 15 is 0 Å². The van der Waals surface area contributed by atoms with Crippen LogP contribution in [-0.2, 0) is 7.05 Å². The van der Waals surface area contributed by atoms with Gasteiger partial charge in [-0.05, 0) is 52.1 Å². The Morgan fingerprint density at radius 3 is 2.45 bits per heavy atom. The summed E-state index contributed by atoms with van der Waals surface area (Å²) in [5.74, 6) is 0. The predicted molar refractivity (Wildman–Crippen MR) is 89.3 cm³/mol. The number of anilines is 1. The van der Waals surface area contributed by atoms with Gasteiger partial charge in [0, 0.05) is 13.6 Å². The first kappa shape index (κ1) is 16.9. The molecule has 0 aliphatic carbocycles. The molecule has 0 atom stereocenters. The molecule has 0 aliphatic heterocycles. The van der Waals surface area contributed by atoms with Gasteiger partial charge in [-0.15, -0.1) is 0 Å². The highest BCUT2D eigenvalue weighted by Crippen LogP contribution is 2.17. The highest BCUT2D eigenvalue weighted by atomic mass is 32.1. The summed E-state index contributed by atoms with van der Waals surface area (Å²) < 4.78 is 1.86. The smallest absolute Gasteiger partial charge is 0.170 e. The van der Waals surface area contributed by atoms with Crippen LogP contribution in [0.15, 0.2) is 0 Å². The zero-order valence-corrected chi connectivity index (χ0v) is 14.1. The van der Waals surface area contributed by atoms with E-state index in [1.54, 1.807) is 0 Å². The first-order valence-electron chi connectivity index (χ1n) is 7.27. The summed E-state index contributed by atoms with van der Waals surface area (Å²) in [5.41, 5.74) is 3.07. The van der Waals surface area contributed by atoms with Gasteiger partial charge in [0.25, 0.3) is 0 Å². The summed E-state index contributed by atoms with van der Waals surface area (Å²) in [6, 6.07) is 0. The third kappa shape index (κ3) is 4.76. The van der Waals surface area contributed by atoms with Gasteiger partial charge in [0.1, 0.15) is 0 Å². The normalized spacial score (nSPS) is 10.9. The van der Waals surface area contributed by atoms with Crippen LogP contribution >= 0.6 is 12.2 Å². The average molecular weight is 297 g/mol. The van der Waals surface area contributed by atoms with Crippen molar-refractivity contribution in [3.63, 3.8) is 0 Å². The molecule has 5 nitrogen and oxygen atoms in total. The molecule has 0 saturated carbocycles. The Hall–Kier alpha value is -1.14. The van der Waals surface area contributed by atoms with E-state index in [2.05, 4.69) is 34.5 Å². The van der Waals surface area contributed by atoms with Gasteiger partial charge >= 0.3 is 0 Å². The molecule has 20 heavy (non-hydrogen) atoms. The van der Waals surface area contributed by atoms with Gasteiger partial charge in [-0.25, -0.2) is 0 Å². The maximum Gasteiger partial charge on any atom is 0.170 e. The molecule has 0 amide bonds. The third-order valence-corrected chi connectivity index (χ3v) is 3.83. The van der Waals surface area contributed by atoms with Crippen LogP contribution in [0.25, 0.3) is 0 Å². The third-order valence-electron chi connectivity index (χ3n) is 3.58. The zero-order chi connectivity index (χ0) is 15.1. The molecule has 1 aromatic rings. The molecule has 0 spiro atoms. The van der Waals surface area contributed by atoms with Crippen LogP contribution in [0.4, 0.5) is 5.69 Å². The van der Waals surface area contributed by atoms with Crippen molar-refractivity contribution in [2.45, 2.75) is 34.1 Å². The van der Waals surface area contributed by atoms with Gasteiger partial charge < -0.3 is 15.5 Å². The number of aromatic nitrogens is 2. The lowest BCUT2D eigenvalue weighted by atomic mass is 10.3. The Labute approximate surface area is 127 Å². The second-order valence-corrected chi connectivity index (χ2v) is 5.34. The monoisotopic (exact) mass is 297 g/mol. The van der Waals surface area contributed by atoms with Crippen LogP contribution < -0.4 is 10.6 Å². The summed E-state index contributed by atoms with van der Waals surface area (Å²) in [6.07, 6.45) is 1.09. The van der Waals surface area contributed by atoms with Crippen LogP contribution in [0.5, 0.6) is 0 Å². The molecule has 0 saturated heterocycles. The summed E-state index contributed by atoms with van der Waals surface area (Å²) in [5, 5.41) is 11.5. The summed E-state index contributed by atoms with van der Waals surface area (Å²) >= 11 is 5.33. The Kier molecular flexibility index (Phi) is 6.95. The second-order valence-electron chi connectivity index (χ2n) is 4.93. The molecule has 0 aromatic carbocycles. The first-order valence-corrected chi connectivity index (χ1v) is 7.67. The maximum absolute atomic E-state index is 5.33. The molecule has 0 aliphatic rings. The van der Waals surface area contributed by atoms with Gasteiger partial charge in [-0.1, -0.05) is 13.8 Å².